The van der Waals surface area contributed by atoms with Gasteiger partial charge in [-0.15, -0.1) is 0 Å². The number of hydrogen-bond donors (Lipinski definition) is 4. The van der Waals surface area contributed by atoms with E-state index in [1.807, 2.05) is 17.0 Å². The average Bonchev–Trinajstić information content (AvgIpc) is 3.68. The molecule has 5 heterocycles. The third kappa shape index (κ3) is 8.97. The number of fused-ring (bicyclic) bond motifs is 3. The van der Waals surface area contributed by atoms with Gasteiger partial charge in [0.1, 0.15) is 11.8 Å². The first-order valence-corrected chi connectivity index (χ1v) is 22.2. The number of hydrogen-bond acceptors (Lipinski definition) is 11. The molecule has 2 aromatic carbocycles. The van der Waals surface area contributed by atoms with Gasteiger partial charge in [0, 0.05) is 110 Å². The van der Waals surface area contributed by atoms with Crippen LogP contribution in [0, 0.1) is 5.92 Å². The van der Waals surface area contributed by atoms with Gasteiger partial charge in [0.05, 0.1) is 17.1 Å². The van der Waals surface area contributed by atoms with E-state index in [1.165, 1.54) is 12.4 Å². The lowest BCUT2D eigenvalue weighted by Crippen LogP contribution is -2.52. The molecule has 2 saturated heterocycles. The SMILES string of the molecule is CN=CC(=CN)c1cc2c(cc1C(F)F)N(c1nn(C3CCN(C(=O)CCCNc4ccc(C(=O)NC5CCC(=O)NC5=O)c5ncccc45)CC3)c3c1CC(C(C)=O)CC3)CCC2. The van der Waals surface area contributed by atoms with E-state index in [0.29, 0.717) is 99.0 Å². The van der Waals surface area contributed by atoms with Crippen molar-refractivity contribution in [1.29, 1.82) is 0 Å². The molecule has 15 nitrogen and oxygen atoms in total. The molecule has 0 saturated carbocycles. The van der Waals surface area contributed by atoms with Crippen molar-refractivity contribution in [2.75, 3.05) is 43.4 Å². The van der Waals surface area contributed by atoms with Gasteiger partial charge >= 0.3 is 0 Å². The Labute approximate surface area is 369 Å². The summed E-state index contributed by atoms with van der Waals surface area (Å²) in [5, 5.41) is 14.4. The zero-order chi connectivity index (χ0) is 45.1. The van der Waals surface area contributed by atoms with Crippen LogP contribution < -0.4 is 26.6 Å². The molecule has 1 aliphatic carbocycles. The molecule has 2 unspecified atom stereocenters. The summed E-state index contributed by atoms with van der Waals surface area (Å²) in [5.74, 6) is -0.569. The summed E-state index contributed by atoms with van der Waals surface area (Å²) in [5.41, 5.74) is 11.8. The number of aromatic nitrogens is 3. The molecule has 0 spiro atoms. The number of aryl methyl sites for hydroxylation is 1. The second-order valence-corrected chi connectivity index (χ2v) is 17.1. The van der Waals surface area contributed by atoms with Crippen molar-refractivity contribution in [2.45, 2.75) is 96.1 Å². The number of alkyl halides is 2. The number of rotatable bonds is 13. The smallest absolute Gasteiger partial charge is 0.264 e. The first-order valence-electron chi connectivity index (χ1n) is 22.2. The number of carbonyl (C=O) groups is 5. The summed E-state index contributed by atoms with van der Waals surface area (Å²) >= 11 is 0. The second kappa shape index (κ2) is 19.1. The summed E-state index contributed by atoms with van der Waals surface area (Å²) in [6.45, 7) is 3.88. The number of nitrogens with one attached hydrogen (secondary N) is 3. The Kier molecular flexibility index (Phi) is 13.1. The molecule has 8 rings (SSSR count). The molecule has 0 radical (unpaired) electrons. The van der Waals surface area contributed by atoms with Gasteiger partial charge in [-0.05, 0) is 112 Å². The van der Waals surface area contributed by atoms with Crippen LogP contribution in [0.15, 0.2) is 53.8 Å². The third-order valence-corrected chi connectivity index (χ3v) is 13.1. The van der Waals surface area contributed by atoms with Crippen LogP contribution in [0.1, 0.15) is 109 Å². The van der Waals surface area contributed by atoms with Crippen molar-refractivity contribution >= 4 is 69.3 Å². The van der Waals surface area contributed by atoms with Gasteiger partial charge in [-0.25, -0.2) is 8.78 Å². The molecule has 2 fully saturated rings. The Morgan fingerprint density at radius 1 is 1.03 bits per heavy atom. The average molecular weight is 877 g/mol. The summed E-state index contributed by atoms with van der Waals surface area (Å²) in [7, 11) is 1.58. The number of carbonyl (C=O) groups excluding carboxylic acids is 5. The molecule has 2 aromatic heterocycles. The number of Topliss-reactive ketones (excluding diaryl/α,β-unsaturated/α-hetero) is 1. The maximum absolute atomic E-state index is 14.7. The molecule has 5 N–H and O–H groups in total. The third-order valence-electron chi connectivity index (χ3n) is 13.1. The largest absolute Gasteiger partial charge is 0.404 e. The van der Waals surface area contributed by atoms with Crippen LogP contribution in [0.25, 0.3) is 16.5 Å². The first-order chi connectivity index (χ1) is 30.9. The lowest BCUT2D eigenvalue weighted by atomic mass is 9.84. The Bertz CT molecular complexity index is 2550. The zero-order valence-corrected chi connectivity index (χ0v) is 36.2. The fraction of sp³-hybridized carbons (Fsp3) is 0.447. The highest BCUT2D eigenvalue weighted by molar-refractivity contribution is 6.11. The number of nitrogens with two attached hydrogens (primary N) is 1. The van der Waals surface area contributed by atoms with Crippen LogP contribution in [0.4, 0.5) is 26.0 Å². The van der Waals surface area contributed by atoms with Crippen molar-refractivity contribution in [3.63, 3.8) is 0 Å². The van der Waals surface area contributed by atoms with Crippen LogP contribution in [0.3, 0.4) is 0 Å². The van der Waals surface area contributed by atoms with Gasteiger partial charge in [-0.1, -0.05) is 0 Å². The molecule has 64 heavy (non-hydrogen) atoms. The van der Waals surface area contributed by atoms with Gasteiger partial charge in [0.15, 0.2) is 5.82 Å². The Morgan fingerprint density at radius 3 is 2.58 bits per heavy atom. The predicted molar refractivity (Wildman–Crippen MR) is 240 cm³/mol. The lowest BCUT2D eigenvalue weighted by Gasteiger charge is -2.33. The van der Waals surface area contributed by atoms with Gasteiger partial charge in [0.2, 0.25) is 17.7 Å². The summed E-state index contributed by atoms with van der Waals surface area (Å²) in [6.07, 6.45) is 7.82. The minimum atomic E-state index is -2.74. The van der Waals surface area contributed by atoms with Crippen molar-refractivity contribution in [3.8, 4) is 0 Å². The lowest BCUT2D eigenvalue weighted by molar-refractivity contribution is -0.135. The Morgan fingerprint density at radius 2 is 1.84 bits per heavy atom. The van der Waals surface area contributed by atoms with E-state index in [-0.39, 0.29) is 48.0 Å². The normalized spacial score (nSPS) is 19.5. The van der Waals surface area contributed by atoms with Crippen LogP contribution >= 0.6 is 0 Å². The first kappa shape index (κ1) is 44.1. The van der Waals surface area contributed by atoms with Crippen molar-refractivity contribution < 1.29 is 32.8 Å². The number of allylic oxidation sites excluding steroid dienone is 1. The summed E-state index contributed by atoms with van der Waals surface area (Å²) in [6, 6.07) is 9.68. The van der Waals surface area contributed by atoms with E-state index >= 15 is 0 Å². The molecule has 3 aliphatic heterocycles. The maximum atomic E-state index is 14.7. The topological polar surface area (TPSA) is 197 Å². The van der Waals surface area contributed by atoms with Crippen molar-refractivity contribution in [3.05, 3.63) is 82.3 Å². The zero-order valence-electron chi connectivity index (χ0n) is 36.2. The van der Waals surface area contributed by atoms with Crippen LogP contribution in [-0.2, 0) is 38.4 Å². The minimum absolute atomic E-state index is 0.0342. The van der Waals surface area contributed by atoms with Crippen molar-refractivity contribution in [1.82, 2.24) is 30.3 Å². The quantitative estimate of drug-likeness (QED) is 0.0731. The summed E-state index contributed by atoms with van der Waals surface area (Å²) in [4.78, 5) is 75.7. The number of ketones is 1. The number of benzene rings is 2. The fourth-order valence-corrected chi connectivity index (χ4v) is 9.69. The minimum Gasteiger partial charge on any atom is -0.404 e. The molecule has 4 amide bonds. The molecular formula is C47H54F2N10O5. The molecule has 336 valence electrons. The maximum Gasteiger partial charge on any atom is 0.264 e. The van der Waals surface area contributed by atoms with Crippen LogP contribution in [0.5, 0.6) is 0 Å². The van der Waals surface area contributed by atoms with E-state index in [1.54, 1.807) is 44.4 Å². The highest BCUT2D eigenvalue weighted by atomic mass is 19.3. The van der Waals surface area contributed by atoms with Gasteiger partial charge in [-0.2, -0.15) is 5.10 Å². The number of piperidine rings is 2. The highest BCUT2D eigenvalue weighted by Crippen LogP contribution is 2.44. The predicted octanol–water partition coefficient (Wildman–Crippen LogP) is 5.74. The van der Waals surface area contributed by atoms with E-state index in [4.69, 9.17) is 10.8 Å². The number of imide groups is 1. The molecule has 0 bridgehead atoms. The van der Waals surface area contributed by atoms with Gasteiger partial charge in [0.25, 0.3) is 12.3 Å². The molecule has 4 aromatic rings. The monoisotopic (exact) mass is 876 g/mol. The Hall–Kier alpha value is -6.52. The summed E-state index contributed by atoms with van der Waals surface area (Å²) < 4.78 is 31.5. The number of amides is 4. The molecule has 2 atom stereocenters. The van der Waals surface area contributed by atoms with Crippen LogP contribution in [0.2, 0.25) is 0 Å². The van der Waals surface area contributed by atoms with Gasteiger partial charge in [-0.3, -0.25) is 43.9 Å². The number of pyridine rings is 1. The standard InChI is InChI=1S/C47H54F2N10O5/c1-27(60)28-9-13-39-36(22-28)45(58-19-5-6-29-23-34(30(25-50)26-51-2)35(44(48)49)24-40(29)58)56-59(39)31-15-20-57(21-16-31)42(62)8-4-17-52-37-11-10-33(43-32(37)7-3-18-53-43)46(63)54-38-12-14-41(61)55-47(38)64/h3,7,10-11,18,23-26,28,31,38,44,52H,4-6,8-9,12-17,19-22,50H2,1-2H3,(H,54,63)(H,55,61,64). The number of likely N-dealkylation sites (tertiary alicyclic amines) is 1. The second-order valence-electron chi connectivity index (χ2n) is 17.1. The van der Waals surface area contributed by atoms with Crippen molar-refractivity contribution in [2.24, 2.45) is 16.6 Å². The fourth-order valence-electron chi connectivity index (χ4n) is 9.69. The highest BCUT2D eigenvalue weighted by Gasteiger charge is 2.36. The Balaban J connectivity index is 0.922. The van der Waals surface area contributed by atoms with E-state index < -0.39 is 24.3 Å². The molecular weight excluding hydrogens is 823 g/mol. The van der Waals surface area contributed by atoms with E-state index in [0.717, 1.165) is 46.6 Å². The number of nitrogens with zero attached hydrogens (tertiary/aromatic N) is 6. The van der Waals surface area contributed by atoms with Gasteiger partial charge < -0.3 is 26.2 Å². The number of anilines is 3. The molecule has 17 heteroatoms. The van der Waals surface area contributed by atoms with Crippen LogP contribution in [-0.4, -0.2) is 94.6 Å². The van der Waals surface area contributed by atoms with E-state index in [2.05, 4.69) is 35.5 Å². The number of halogens is 2. The van der Waals surface area contributed by atoms with E-state index in [9.17, 15) is 32.8 Å². The number of aliphatic imine (C=N–C) groups is 1. The molecule has 4 aliphatic rings.